The summed E-state index contributed by atoms with van der Waals surface area (Å²) in [6.45, 7) is 2.58. The number of hydrogen-bond acceptors (Lipinski definition) is 9. The number of halogens is 3. The zero-order valence-corrected chi connectivity index (χ0v) is 32.3. The molecule has 1 N–H and O–H groups in total. The first kappa shape index (κ1) is 40.3. The number of aryl methyl sites for hydroxylation is 3. The van der Waals surface area contributed by atoms with Crippen molar-refractivity contribution in [3.05, 3.63) is 125 Å². The summed E-state index contributed by atoms with van der Waals surface area (Å²) < 4.78 is 120. The van der Waals surface area contributed by atoms with Gasteiger partial charge in [-0.1, -0.05) is 66.2 Å². The van der Waals surface area contributed by atoms with Crippen LogP contribution in [0.2, 0.25) is 0 Å². The summed E-state index contributed by atoms with van der Waals surface area (Å²) in [5.41, 5.74) is -3.29. The highest BCUT2D eigenvalue weighted by Gasteiger charge is 2.49. The molecule has 0 saturated heterocycles. The molecule has 296 valence electrons. The van der Waals surface area contributed by atoms with Gasteiger partial charge in [-0.3, -0.25) is 4.79 Å². The number of amides is 1. The minimum atomic E-state index is -6.26. The van der Waals surface area contributed by atoms with E-state index in [0.717, 1.165) is 26.5 Å². The summed E-state index contributed by atoms with van der Waals surface area (Å²) in [5, 5.41) is 3.63. The van der Waals surface area contributed by atoms with Crippen LogP contribution in [0.5, 0.6) is 11.5 Å². The van der Waals surface area contributed by atoms with Crippen molar-refractivity contribution in [1.29, 1.82) is 0 Å². The monoisotopic (exact) mass is 813 g/mol. The van der Waals surface area contributed by atoms with Gasteiger partial charge >= 0.3 is 15.6 Å². The third-order valence-corrected chi connectivity index (χ3v) is 11.7. The van der Waals surface area contributed by atoms with Crippen molar-refractivity contribution < 1.29 is 53.2 Å². The summed E-state index contributed by atoms with van der Waals surface area (Å²) >= 11 is 0. The Morgan fingerprint density at radius 3 is 2.23 bits per heavy atom. The highest BCUT2D eigenvalue weighted by Crippen LogP contribution is 2.43. The molecule has 0 radical (unpaired) electrons. The number of hydrogen-bond donors (Lipinski definition) is 1. The molecule has 0 aliphatic rings. The van der Waals surface area contributed by atoms with Crippen LogP contribution >= 0.6 is 0 Å². The van der Waals surface area contributed by atoms with Crippen LogP contribution in [0.3, 0.4) is 0 Å². The average Bonchev–Trinajstić information content (AvgIpc) is 3.70. The summed E-state index contributed by atoms with van der Waals surface area (Å²) in [6.07, 6.45) is -0.180. The number of para-hydroxylation sites is 1. The van der Waals surface area contributed by atoms with E-state index in [4.69, 9.17) is 18.4 Å². The van der Waals surface area contributed by atoms with E-state index in [1.54, 1.807) is 67.1 Å². The normalized spacial score (nSPS) is 12.9. The maximum atomic E-state index is 14.3. The van der Waals surface area contributed by atoms with Gasteiger partial charge in [0.1, 0.15) is 30.4 Å². The maximum absolute atomic E-state index is 14.3. The Balaban J connectivity index is 1.50. The summed E-state index contributed by atoms with van der Waals surface area (Å²) in [6, 6.07) is 24.7. The molecule has 6 rings (SSSR count). The molecule has 6 aromatic rings. The van der Waals surface area contributed by atoms with Gasteiger partial charge in [0.05, 0.1) is 11.0 Å². The van der Waals surface area contributed by atoms with Crippen LogP contribution in [0.25, 0.3) is 21.8 Å². The molecular weight excluding hydrogens is 776 g/mol. The van der Waals surface area contributed by atoms with Crippen molar-refractivity contribution in [3.63, 3.8) is 0 Å². The molecule has 0 spiro atoms. The van der Waals surface area contributed by atoms with Crippen LogP contribution in [-0.2, 0) is 49.7 Å². The number of carbonyl (C=O) groups excluding carboxylic acids is 1. The van der Waals surface area contributed by atoms with Crippen LogP contribution in [0.4, 0.5) is 13.2 Å². The van der Waals surface area contributed by atoms with Gasteiger partial charge < -0.3 is 28.3 Å². The van der Waals surface area contributed by atoms with E-state index in [-0.39, 0.29) is 59.0 Å². The molecule has 56 heavy (non-hydrogen) atoms. The number of nitrogens with zero attached hydrogens (tertiary/aromatic N) is 2. The zero-order valence-electron chi connectivity index (χ0n) is 30.7. The molecule has 0 bridgehead atoms. The first-order chi connectivity index (χ1) is 26.5. The van der Waals surface area contributed by atoms with Gasteiger partial charge in [0, 0.05) is 61.2 Å². The van der Waals surface area contributed by atoms with Crippen molar-refractivity contribution in [2.45, 2.75) is 43.4 Å². The van der Waals surface area contributed by atoms with Crippen molar-refractivity contribution in [1.82, 2.24) is 13.9 Å². The maximum Gasteiger partial charge on any atom is 0.534 e. The third-order valence-electron chi connectivity index (χ3n) is 9.08. The molecule has 4 aromatic carbocycles. The Morgan fingerprint density at radius 2 is 1.57 bits per heavy atom. The molecule has 0 fully saturated rings. The van der Waals surface area contributed by atoms with E-state index in [0.29, 0.717) is 11.3 Å². The van der Waals surface area contributed by atoms with Gasteiger partial charge in [0.25, 0.3) is 15.9 Å². The molecule has 17 heteroatoms. The van der Waals surface area contributed by atoms with E-state index >= 15 is 0 Å². The smallest absolute Gasteiger partial charge is 0.487 e. The number of carbonyl (C=O) groups is 1. The molecule has 0 aliphatic carbocycles. The van der Waals surface area contributed by atoms with Crippen molar-refractivity contribution >= 4 is 47.9 Å². The van der Waals surface area contributed by atoms with Gasteiger partial charge in [-0.2, -0.15) is 21.6 Å². The molecule has 12 nitrogen and oxygen atoms in total. The topological polar surface area (TPSA) is 144 Å². The molecular formula is C39H38F3N3O9S2. The second-order valence-electron chi connectivity index (χ2n) is 13.0. The summed E-state index contributed by atoms with van der Waals surface area (Å²) in [4.78, 5) is 13.4. The number of rotatable bonds is 15. The van der Waals surface area contributed by atoms with E-state index in [9.17, 15) is 34.8 Å². The Kier molecular flexibility index (Phi) is 11.5. The molecule has 0 aliphatic heterocycles. The van der Waals surface area contributed by atoms with Crippen molar-refractivity contribution in [2.24, 2.45) is 7.05 Å². The van der Waals surface area contributed by atoms with Crippen LogP contribution in [0.1, 0.15) is 32.7 Å². The van der Waals surface area contributed by atoms with Gasteiger partial charge in [-0.25, -0.2) is 12.4 Å². The van der Waals surface area contributed by atoms with Gasteiger partial charge in [0.2, 0.25) is 0 Å². The SMILES string of the molecule is COCOC(CNC(=O)c1cc2ccccc2n1C)Cc1c(OS(=O)(=O)C(F)(F)F)cc(OCc2ccccc2)c2c1c(C)cn2S(=O)(=O)c1ccc(C)cc1. The zero-order chi connectivity index (χ0) is 40.4. The molecule has 1 amide bonds. The third kappa shape index (κ3) is 8.26. The number of methoxy groups -OCH3 is 1. The van der Waals surface area contributed by atoms with E-state index in [2.05, 4.69) is 5.32 Å². The molecule has 2 heterocycles. The number of fused-ring (bicyclic) bond motifs is 2. The quantitative estimate of drug-likeness (QED) is 0.0676. The van der Waals surface area contributed by atoms with Gasteiger partial charge in [-0.05, 0) is 49.2 Å². The number of benzene rings is 4. The van der Waals surface area contributed by atoms with E-state index < -0.39 is 43.4 Å². The fourth-order valence-electron chi connectivity index (χ4n) is 6.30. The van der Waals surface area contributed by atoms with Crippen LogP contribution in [0.15, 0.2) is 102 Å². The number of ether oxygens (including phenoxy) is 3. The predicted octanol–water partition coefficient (Wildman–Crippen LogP) is 6.76. The number of aromatic nitrogens is 2. The fraction of sp³-hybridized carbons (Fsp3) is 0.256. The Labute approximate surface area is 321 Å². The molecule has 2 aromatic heterocycles. The lowest BCUT2D eigenvalue weighted by Crippen LogP contribution is -2.36. The summed E-state index contributed by atoms with van der Waals surface area (Å²) in [5.74, 6) is -1.55. The minimum Gasteiger partial charge on any atom is -0.487 e. The standard InChI is InChI=1S/C39H38F3N3O9S2/c1-25-14-16-30(17-15-25)55(47,48)45-22-26(2)36-31(19-29(53-24-51-4)21-43-38(46)33-18-28-12-8-9-13-32(28)44(33)3)34(54-56(49,50)39(40,41)42)20-35(37(36)45)52-23-27-10-6-5-7-11-27/h5-18,20,22,29H,19,21,23-24H2,1-4H3,(H,43,46). The van der Waals surface area contributed by atoms with E-state index in [1.165, 1.54) is 32.4 Å². The average molecular weight is 814 g/mol. The minimum absolute atomic E-state index is 0.0321. The fourth-order valence-corrected chi connectivity index (χ4v) is 8.20. The molecule has 1 atom stereocenters. The highest BCUT2D eigenvalue weighted by molar-refractivity contribution is 7.90. The van der Waals surface area contributed by atoms with Crippen LogP contribution < -0.4 is 14.2 Å². The highest BCUT2D eigenvalue weighted by atomic mass is 32.2. The number of alkyl halides is 3. The Bertz CT molecular complexity index is 2610. The molecule has 1 unspecified atom stereocenters. The molecule has 0 saturated carbocycles. The lowest BCUT2D eigenvalue weighted by molar-refractivity contribution is -0.0696. The lowest BCUT2D eigenvalue weighted by Gasteiger charge is -2.22. The Morgan fingerprint density at radius 1 is 0.893 bits per heavy atom. The van der Waals surface area contributed by atoms with E-state index in [1.807, 2.05) is 24.3 Å². The predicted molar refractivity (Wildman–Crippen MR) is 203 cm³/mol. The van der Waals surface area contributed by atoms with Crippen LogP contribution in [0, 0.1) is 13.8 Å². The van der Waals surface area contributed by atoms with Gasteiger partial charge in [-0.15, -0.1) is 0 Å². The first-order valence-corrected chi connectivity index (χ1v) is 20.0. The first-order valence-electron chi connectivity index (χ1n) is 17.1. The van der Waals surface area contributed by atoms with Crippen LogP contribution in [-0.4, -0.2) is 63.3 Å². The second-order valence-corrected chi connectivity index (χ2v) is 16.4. The second kappa shape index (κ2) is 16.0. The van der Waals surface area contributed by atoms with Crippen molar-refractivity contribution in [3.8, 4) is 11.5 Å². The summed E-state index contributed by atoms with van der Waals surface area (Å²) in [7, 11) is -7.58. The Hall–Kier alpha value is -5.36. The lowest BCUT2D eigenvalue weighted by atomic mass is 9.99. The van der Waals surface area contributed by atoms with Gasteiger partial charge in [0.15, 0.2) is 5.75 Å². The number of nitrogens with one attached hydrogen (secondary N) is 1. The van der Waals surface area contributed by atoms with Crippen molar-refractivity contribution in [2.75, 3.05) is 20.4 Å². The largest absolute Gasteiger partial charge is 0.534 e.